The maximum atomic E-state index is 5.72. The Hall–Kier alpha value is -0.750. The van der Waals surface area contributed by atoms with E-state index >= 15 is 0 Å². The topological polar surface area (TPSA) is 50.9 Å². The number of fused-ring (bicyclic) bond motifs is 1. The second-order valence-electron chi connectivity index (χ2n) is 4.84. The van der Waals surface area contributed by atoms with Crippen LogP contribution >= 0.6 is 27.3 Å². The van der Waals surface area contributed by atoms with Crippen molar-refractivity contribution in [1.82, 2.24) is 10.4 Å². The van der Waals surface area contributed by atoms with Crippen molar-refractivity contribution < 1.29 is 0 Å². The molecule has 0 aliphatic heterocycles. The van der Waals surface area contributed by atoms with Crippen molar-refractivity contribution in [3.8, 4) is 0 Å². The maximum Gasteiger partial charge on any atom is 0.0608 e. The summed E-state index contributed by atoms with van der Waals surface area (Å²) in [5.74, 6) is 5.72. The summed E-state index contributed by atoms with van der Waals surface area (Å²) >= 11 is 5.30. The minimum absolute atomic E-state index is 0.157. The van der Waals surface area contributed by atoms with Crippen LogP contribution in [0.3, 0.4) is 0 Å². The molecule has 0 spiro atoms. The van der Waals surface area contributed by atoms with Crippen LogP contribution in [0.15, 0.2) is 28.9 Å². The molecular weight excluding hydrogens is 322 g/mol. The van der Waals surface area contributed by atoms with Gasteiger partial charge in [-0.3, -0.25) is 16.3 Å². The lowest BCUT2D eigenvalue weighted by Crippen LogP contribution is -2.29. The highest BCUT2D eigenvalue weighted by Crippen LogP contribution is 2.34. The molecule has 1 unspecified atom stereocenters. The molecule has 0 fully saturated rings. The minimum Gasteiger partial charge on any atom is -0.271 e. The standard InChI is InChI=1S/C14H16BrN3S/c15-10-4-5-11(17-8-10)7-12(18-16)14-6-9-2-1-3-13(9)19-14/h4-6,8,12,18H,1-3,7,16H2. The molecule has 2 heterocycles. The molecule has 0 bridgehead atoms. The first-order chi connectivity index (χ1) is 9.26. The quantitative estimate of drug-likeness (QED) is 0.665. The van der Waals surface area contributed by atoms with E-state index in [1.54, 1.807) is 4.88 Å². The van der Waals surface area contributed by atoms with E-state index in [0.29, 0.717) is 0 Å². The number of hydrogen-bond acceptors (Lipinski definition) is 4. The van der Waals surface area contributed by atoms with Gasteiger partial charge in [-0.15, -0.1) is 11.3 Å². The zero-order valence-corrected chi connectivity index (χ0v) is 12.9. The molecule has 100 valence electrons. The molecule has 0 saturated carbocycles. The van der Waals surface area contributed by atoms with Crippen LogP contribution in [0.1, 0.15) is 33.5 Å². The van der Waals surface area contributed by atoms with E-state index in [1.807, 2.05) is 29.7 Å². The van der Waals surface area contributed by atoms with Gasteiger partial charge in [0.05, 0.1) is 6.04 Å². The summed E-state index contributed by atoms with van der Waals surface area (Å²) < 4.78 is 1.00. The van der Waals surface area contributed by atoms with Crippen LogP contribution in [0.25, 0.3) is 0 Å². The van der Waals surface area contributed by atoms with E-state index in [0.717, 1.165) is 16.6 Å². The predicted octanol–water partition coefficient (Wildman–Crippen LogP) is 3.14. The number of aromatic nitrogens is 1. The maximum absolute atomic E-state index is 5.72. The molecule has 1 aliphatic rings. The Morgan fingerprint density at radius 1 is 1.42 bits per heavy atom. The van der Waals surface area contributed by atoms with E-state index in [4.69, 9.17) is 5.84 Å². The smallest absolute Gasteiger partial charge is 0.0608 e. The molecule has 19 heavy (non-hydrogen) atoms. The molecule has 3 rings (SSSR count). The normalized spacial score (nSPS) is 15.5. The molecular formula is C14H16BrN3S. The zero-order valence-electron chi connectivity index (χ0n) is 10.5. The number of rotatable bonds is 4. The molecule has 3 N–H and O–H groups in total. The van der Waals surface area contributed by atoms with Crippen LogP contribution in [0.2, 0.25) is 0 Å². The SMILES string of the molecule is NNC(Cc1ccc(Br)cn1)c1cc2c(s1)CCC2. The highest BCUT2D eigenvalue weighted by atomic mass is 79.9. The molecule has 1 aliphatic carbocycles. The van der Waals surface area contributed by atoms with Crippen molar-refractivity contribution in [2.75, 3.05) is 0 Å². The first-order valence-corrected chi connectivity index (χ1v) is 8.05. The Bertz CT molecular complexity index is 543. The summed E-state index contributed by atoms with van der Waals surface area (Å²) in [5.41, 5.74) is 5.50. The molecule has 5 heteroatoms. The first kappa shape index (κ1) is 13.2. The Morgan fingerprint density at radius 2 is 2.32 bits per heavy atom. The van der Waals surface area contributed by atoms with E-state index in [1.165, 1.54) is 29.7 Å². The third kappa shape index (κ3) is 2.89. The van der Waals surface area contributed by atoms with Gasteiger partial charge >= 0.3 is 0 Å². The summed E-state index contributed by atoms with van der Waals surface area (Å²) in [5, 5.41) is 0. The number of nitrogens with zero attached hydrogens (tertiary/aromatic N) is 1. The monoisotopic (exact) mass is 337 g/mol. The minimum atomic E-state index is 0.157. The van der Waals surface area contributed by atoms with Crippen molar-refractivity contribution in [1.29, 1.82) is 0 Å². The summed E-state index contributed by atoms with van der Waals surface area (Å²) in [7, 11) is 0. The highest BCUT2D eigenvalue weighted by molar-refractivity contribution is 9.10. The van der Waals surface area contributed by atoms with E-state index in [2.05, 4.69) is 32.4 Å². The predicted molar refractivity (Wildman–Crippen MR) is 82.0 cm³/mol. The third-order valence-electron chi connectivity index (χ3n) is 3.51. The van der Waals surface area contributed by atoms with Crippen LogP contribution in [0, 0.1) is 0 Å². The highest BCUT2D eigenvalue weighted by Gasteiger charge is 2.20. The van der Waals surface area contributed by atoms with Gasteiger partial charge in [-0.2, -0.15) is 0 Å². The largest absolute Gasteiger partial charge is 0.271 e. The lowest BCUT2D eigenvalue weighted by atomic mass is 10.1. The molecule has 0 radical (unpaired) electrons. The van der Waals surface area contributed by atoms with E-state index in [-0.39, 0.29) is 6.04 Å². The second kappa shape index (κ2) is 5.71. The van der Waals surface area contributed by atoms with Crippen LogP contribution in [0.4, 0.5) is 0 Å². The fraction of sp³-hybridized carbons (Fsp3) is 0.357. The van der Waals surface area contributed by atoms with Crippen LogP contribution in [-0.4, -0.2) is 4.98 Å². The fourth-order valence-electron chi connectivity index (χ4n) is 2.50. The van der Waals surface area contributed by atoms with Gasteiger partial charge in [0, 0.05) is 32.5 Å². The van der Waals surface area contributed by atoms with E-state index < -0.39 is 0 Å². The fourth-order valence-corrected chi connectivity index (χ4v) is 4.05. The average molecular weight is 338 g/mol. The molecule has 0 saturated heterocycles. The van der Waals surface area contributed by atoms with Gasteiger partial charge in [-0.25, -0.2) is 0 Å². The number of nitrogens with one attached hydrogen (secondary N) is 1. The van der Waals surface area contributed by atoms with Gasteiger partial charge < -0.3 is 0 Å². The molecule has 0 amide bonds. The Morgan fingerprint density at radius 3 is 3.00 bits per heavy atom. The van der Waals surface area contributed by atoms with Crippen LogP contribution in [-0.2, 0) is 19.3 Å². The van der Waals surface area contributed by atoms with Gasteiger partial charge in [0.1, 0.15) is 0 Å². The molecule has 3 nitrogen and oxygen atoms in total. The van der Waals surface area contributed by atoms with Crippen molar-refractivity contribution in [2.24, 2.45) is 5.84 Å². The molecule has 0 aromatic carbocycles. The van der Waals surface area contributed by atoms with Crippen LogP contribution < -0.4 is 11.3 Å². The molecule has 2 aromatic heterocycles. The first-order valence-electron chi connectivity index (χ1n) is 6.44. The lowest BCUT2D eigenvalue weighted by molar-refractivity contribution is 0.554. The number of hydrogen-bond donors (Lipinski definition) is 2. The van der Waals surface area contributed by atoms with Gasteiger partial charge in [0.25, 0.3) is 0 Å². The molecule has 1 atom stereocenters. The number of pyridine rings is 1. The number of nitrogens with two attached hydrogens (primary N) is 1. The van der Waals surface area contributed by atoms with Gasteiger partial charge in [-0.1, -0.05) is 0 Å². The number of hydrazine groups is 1. The van der Waals surface area contributed by atoms with Gasteiger partial charge in [0.15, 0.2) is 0 Å². The summed E-state index contributed by atoms with van der Waals surface area (Å²) in [6.45, 7) is 0. The number of aryl methyl sites for hydroxylation is 2. The summed E-state index contributed by atoms with van der Waals surface area (Å²) in [6, 6.07) is 6.53. The Balaban J connectivity index is 1.78. The zero-order chi connectivity index (χ0) is 13.2. The van der Waals surface area contributed by atoms with E-state index in [9.17, 15) is 0 Å². The van der Waals surface area contributed by atoms with Gasteiger partial charge in [0.2, 0.25) is 0 Å². The second-order valence-corrected chi connectivity index (χ2v) is 6.93. The molecule has 2 aromatic rings. The lowest BCUT2D eigenvalue weighted by Gasteiger charge is -2.13. The third-order valence-corrected chi connectivity index (χ3v) is 5.33. The van der Waals surface area contributed by atoms with Crippen molar-refractivity contribution in [3.63, 3.8) is 0 Å². The Labute approximate surface area is 125 Å². The average Bonchev–Trinajstić information content (AvgIpc) is 2.99. The summed E-state index contributed by atoms with van der Waals surface area (Å²) in [4.78, 5) is 7.29. The van der Waals surface area contributed by atoms with Crippen molar-refractivity contribution in [2.45, 2.75) is 31.7 Å². The Kier molecular flexibility index (Phi) is 3.98. The van der Waals surface area contributed by atoms with Crippen molar-refractivity contribution >= 4 is 27.3 Å². The van der Waals surface area contributed by atoms with Gasteiger partial charge in [-0.05, 0) is 59.0 Å². The summed E-state index contributed by atoms with van der Waals surface area (Å²) in [6.07, 6.45) is 6.41. The number of thiophene rings is 1. The number of halogens is 1. The van der Waals surface area contributed by atoms with Crippen LogP contribution in [0.5, 0.6) is 0 Å². The van der Waals surface area contributed by atoms with Crippen molar-refractivity contribution in [3.05, 3.63) is 49.9 Å².